The van der Waals surface area contributed by atoms with Crippen LogP contribution in [0.4, 0.5) is 0 Å². The number of carbonyl (C=O) groups excluding carboxylic acids is 1. The van der Waals surface area contributed by atoms with Gasteiger partial charge in [-0.15, -0.1) is 21.5 Å². The van der Waals surface area contributed by atoms with Gasteiger partial charge in [-0.05, 0) is 30.0 Å². The Labute approximate surface area is 168 Å². The molecule has 4 rings (SSSR count). The van der Waals surface area contributed by atoms with Crippen LogP contribution in [-0.2, 0) is 17.9 Å². The van der Waals surface area contributed by atoms with Gasteiger partial charge in [0.2, 0.25) is 5.91 Å². The Kier molecular flexibility index (Phi) is 5.31. The molecule has 0 aliphatic heterocycles. The summed E-state index contributed by atoms with van der Waals surface area (Å²) < 4.78 is 3.48. The van der Waals surface area contributed by atoms with Crippen LogP contribution in [0.1, 0.15) is 6.42 Å². The van der Waals surface area contributed by atoms with Crippen LogP contribution in [0.25, 0.3) is 21.7 Å². The van der Waals surface area contributed by atoms with Crippen LogP contribution >= 0.6 is 23.1 Å². The highest BCUT2D eigenvalue weighted by molar-refractivity contribution is 7.99. The smallest absolute Gasteiger partial charge is 0.326 e. The van der Waals surface area contributed by atoms with Crippen LogP contribution in [0, 0.1) is 0 Å². The van der Waals surface area contributed by atoms with Gasteiger partial charge in [-0.1, -0.05) is 30.0 Å². The molecule has 3 heterocycles. The number of imidazole rings is 1. The second-order valence-corrected chi connectivity index (χ2v) is 8.15. The molecule has 0 atom stereocenters. The molecule has 144 valence electrons. The fraction of sp³-hybridized carbons (Fsp3) is 0.222. The van der Waals surface area contributed by atoms with Gasteiger partial charge in [0.15, 0.2) is 11.0 Å². The fourth-order valence-electron chi connectivity index (χ4n) is 3.00. The molecule has 28 heavy (non-hydrogen) atoms. The third-order valence-electron chi connectivity index (χ3n) is 4.21. The largest absolute Gasteiger partial charge is 0.368 e. The quantitative estimate of drug-likeness (QED) is 0.339. The molecule has 0 aliphatic carbocycles. The third kappa shape index (κ3) is 3.73. The molecule has 0 saturated carbocycles. The van der Waals surface area contributed by atoms with Crippen LogP contribution in [0.2, 0.25) is 0 Å². The Bertz CT molecular complexity index is 1160. The first kappa shape index (κ1) is 18.5. The zero-order chi connectivity index (χ0) is 19.5. The number of benzene rings is 1. The second kappa shape index (κ2) is 8.03. The standard InChI is InChI=1S/C18H18N6O2S2/c19-15(25)11-24-16(14-7-3-9-27-14)21-22-18(24)28-10-4-8-23-13-6-2-1-5-12(13)20-17(23)26/h1-3,5-7,9H,4,8,10-11H2,(H2,19,25)(H,20,26). The molecule has 0 saturated heterocycles. The van der Waals surface area contributed by atoms with Crippen molar-refractivity contribution < 1.29 is 4.79 Å². The van der Waals surface area contributed by atoms with Crippen molar-refractivity contribution in [2.75, 3.05) is 5.75 Å². The van der Waals surface area contributed by atoms with Gasteiger partial charge >= 0.3 is 5.69 Å². The van der Waals surface area contributed by atoms with E-state index in [1.54, 1.807) is 9.13 Å². The van der Waals surface area contributed by atoms with E-state index in [0.29, 0.717) is 17.5 Å². The molecule has 0 bridgehead atoms. The Hall–Kier alpha value is -2.85. The number of fused-ring (bicyclic) bond motifs is 1. The van der Waals surface area contributed by atoms with Crippen LogP contribution in [0.5, 0.6) is 0 Å². The molecule has 0 fully saturated rings. The Morgan fingerprint density at radius 1 is 1.18 bits per heavy atom. The number of H-pyrrole nitrogens is 1. The van der Waals surface area contributed by atoms with Gasteiger partial charge in [0.1, 0.15) is 6.54 Å². The summed E-state index contributed by atoms with van der Waals surface area (Å²) in [4.78, 5) is 27.4. The maximum Gasteiger partial charge on any atom is 0.326 e. The molecule has 3 N–H and O–H groups in total. The summed E-state index contributed by atoms with van der Waals surface area (Å²) in [5.74, 6) is 0.932. The summed E-state index contributed by atoms with van der Waals surface area (Å²) in [5.41, 5.74) is 7.03. The van der Waals surface area contributed by atoms with Crippen LogP contribution in [0.15, 0.2) is 51.7 Å². The molecule has 1 aromatic carbocycles. The molecular formula is C18H18N6O2S2. The summed E-state index contributed by atoms with van der Waals surface area (Å²) in [6.45, 7) is 0.627. The van der Waals surface area contributed by atoms with Crippen LogP contribution in [0.3, 0.4) is 0 Å². The van der Waals surface area contributed by atoms with Gasteiger partial charge in [-0.2, -0.15) is 0 Å². The van der Waals surface area contributed by atoms with E-state index in [1.807, 2.05) is 41.8 Å². The lowest BCUT2D eigenvalue weighted by Crippen LogP contribution is -2.20. The van der Waals surface area contributed by atoms with Crippen molar-refractivity contribution >= 4 is 40.0 Å². The van der Waals surface area contributed by atoms with Crippen molar-refractivity contribution in [1.29, 1.82) is 0 Å². The molecule has 1 amide bonds. The maximum atomic E-state index is 12.1. The molecule has 4 aromatic rings. The first-order valence-electron chi connectivity index (χ1n) is 8.69. The normalized spacial score (nSPS) is 11.3. The second-order valence-electron chi connectivity index (χ2n) is 6.14. The van der Waals surface area contributed by atoms with Crippen molar-refractivity contribution in [3.63, 3.8) is 0 Å². The molecule has 0 unspecified atom stereocenters. The number of hydrogen-bond donors (Lipinski definition) is 2. The highest BCUT2D eigenvalue weighted by Crippen LogP contribution is 2.27. The summed E-state index contributed by atoms with van der Waals surface area (Å²) >= 11 is 3.03. The lowest BCUT2D eigenvalue weighted by Gasteiger charge is -2.07. The summed E-state index contributed by atoms with van der Waals surface area (Å²) in [5, 5.41) is 11.1. The van der Waals surface area contributed by atoms with Crippen LogP contribution < -0.4 is 11.4 Å². The molecule has 0 radical (unpaired) electrons. The van der Waals surface area contributed by atoms with Crippen molar-refractivity contribution in [3.8, 4) is 10.7 Å². The van der Waals surface area contributed by atoms with E-state index in [4.69, 9.17) is 5.73 Å². The number of rotatable bonds is 8. The zero-order valence-electron chi connectivity index (χ0n) is 14.9. The number of aromatic amines is 1. The number of carbonyl (C=O) groups is 1. The van der Waals surface area contributed by atoms with Crippen molar-refractivity contribution in [2.45, 2.75) is 24.7 Å². The SMILES string of the molecule is NC(=O)Cn1c(SCCCn2c(=O)[nH]c3ccccc32)nnc1-c1cccs1. The van der Waals surface area contributed by atoms with E-state index < -0.39 is 5.91 Å². The average molecular weight is 415 g/mol. The van der Waals surface area contributed by atoms with Gasteiger partial charge in [0, 0.05) is 12.3 Å². The summed E-state index contributed by atoms with van der Waals surface area (Å²) in [6.07, 6.45) is 0.768. The third-order valence-corrected chi connectivity index (χ3v) is 6.13. The van der Waals surface area contributed by atoms with E-state index in [9.17, 15) is 9.59 Å². The van der Waals surface area contributed by atoms with Gasteiger partial charge in [-0.3, -0.25) is 13.9 Å². The van der Waals surface area contributed by atoms with E-state index in [2.05, 4.69) is 15.2 Å². The number of thiophene rings is 1. The number of aromatic nitrogens is 5. The van der Waals surface area contributed by atoms with Gasteiger partial charge in [0.05, 0.1) is 15.9 Å². The van der Waals surface area contributed by atoms with Crippen molar-refractivity contribution in [2.24, 2.45) is 5.73 Å². The highest BCUT2D eigenvalue weighted by atomic mass is 32.2. The fourth-order valence-corrected chi connectivity index (χ4v) is 4.58. The Morgan fingerprint density at radius 2 is 2.04 bits per heavy atom. The van der Waals surface area contributed by atoms with Gasteiger partial charge < -0.3 is 10.7 Å². The van der Waals surface area contributed by atoms with Crippen LogP contribution in [-0.4, -0.2) is 36.0 Å². The van der Waals surface area contributed by atoms with E-state index in [1.165, 1.54) is 23.1 Å². The first-order chi connectivity index (χ1) is 13.6. The molecule has 0 spiro atoms. The predicted octanol–water partition coefficient (Wildman–Crippen LogP) is 2.32. The summed E-state index contributed by atoms with van der Waals surface area (Å²) in [7, 11) is 0. The lowest BCUT2D eigenvalue weighted by molar-refractivity contribution is -0.118. The Morgan fingerprint density at radius 3 is 2.82 bits per heavy atom. The molecule has 10 heteroatoms. The predicted molar refractivity (Wildman–Crippen MR) is 110 cm³/mol. The van der Waals surface area contributed by atoms with E-state index in [-0.39, 0.29) is 12.2 Å². The number of nitrogens with two attached hydrogens (primary N) is 1. The maximum absolute atomic E-state index is 12.1. The number of thioether (sulfide) groups is 1. The number of hydrogen-bond acceptors (Lipinski definition) is 6. The van der Waals surface area contributed by atoms with Gasteiger partial charge in [-0.25, -0.2) is 4.79 Å². The zero-order valence-corrected chi connectivity index (χ0v) is 16.5. The molecule has 0 aliphatic rings. The topological polar surface area (TPSA) is 112 Å². The lowest BCUT2D eigenvalue weighted by atomic mass is 10.3. The molecule has 3 aromatic heterocycles. The van der Waals surface area contributed by atoms with Crippen molar-refractivity contribution in [3.05, 3.63) is 52.3 Å². The first-order valence-corrected chi connectivity index (χ1v) is 10.6. The number of aryl methyl sites for hydroxylation is 1. The average Bonchev–Trinajstić information content (AvgIpc) is 3.38. The minimum atomic E-state index is -0.440. The number of nitrogens with one attached hydrogen (secondary N) is 1. The molecular weight excluding hydrogens is 396 g/mol. The van der Waals surface area contributed by atoms with Gasteiger partial charge in [0.25, 0.3) is 0 Å². The number of amides is 1. The number of nitrogens with zero attached hydrogens (tertiary/aromatic N) is 4. The monoisotopic (exact) mass is 414 g/mol. The minimum absolute atomic E-state index is 0.0322. The van der Waals surface area contributed by atoms with E-state index in [0.717, 1.165) is 28.1 Å². The number of para-hydroxylation sites is 2. The minimum Gasteiger partial charge on any atom is -0.368 e. The number of primary amides is 1. The highest BCUT2D eigenvalue weighted by Gasteiger charge is 2.16. The molecule has 8 nitrogen and oxygen atoms in total. The summed E-state index contributed by atoms with van der Waals surface area (Å²) in [6, 6.07) is 11.5. The van der Waals surface area contributed by atoms with Crippen molar-refractivity contribution in [1.82, 2.24) is 24.3 Å². The van der Waals surface area contributed by atoms with E-state index >= 15 is 0 Å². The Balaban J connectivity index is 1.45.